The van der Waals surface area contributed by atoms with E-state index in [0.717, 1.165) is 17.8 Å². The van der Waals surface area contributed by atoms with Gasteiger partial charge in [0.2, 0.25) is 0 Å². The molecule has 2 amide bonds. The van der Waals surface area contributed by atoms with Crippen LogP contribution >= 0.6 is 0 Å². The van der Waals surface area contributed by atoms with E-state index < -0.39 is 0 Å². The van der Waals surface area contributed by atoms with Gasteiger partial charge in [0.25, 0.3) is 0 Å². The molecule has 0 aliphatic carbocycles. The second-order valence-electron chi connectivity index (χ2n) is 5.79. The van der Waals surface area contributed by atoms with Gasteiger partial charge in [-0.05, 0) is 31.5 Å². The number of urea groups is 1. The van der Waals surface area contributed by atoms with E-state index in [1.54, 1.807) is 23.3 Å². The van der Waals surface area contributed by atoms with E-state index in [9.17, 15) is 4.79 Å². The Hall–Kier alpha value is -3.09. The molecule has 3 aromatic rings. The van der Waals surface area contributed by atoms with Crippen LogP contribution in [0.1, 0.15) is 25.5 Å². The second-order valence-corrected chi connectivity index (χ2v) is 5.79. The molecule has 24 heavy (non-hydrogen) atoms. The highest BCUT2D eigenvalue weighted by Gasteiger charge is 2.06. The smallest absolute Gasteiger partial charge is 0.324 e. The van der Waals surface area contributed by atoms with Crippen LogP contribution in [0.4, 0.5) is 16.3 Å². The summed E-state index contributed by atoms with van der Waals surface area (Å²) in [5, 5.41) is 9.80. The minimum atomic E-state index is -0.314. The summed E-state index contributed by atoms with van der Waals surface area (Å²) in [7, 11) is 0. The lowest BCUT2D eigenvalue weighted by atomic mass is 10.2. The van der Waals surface area contributed by atoms with Crippen molar-refractivity contribution in [1.82, 2.24) is 19.3 Å². The number of hydrogen-bond donors (Lipinski definition) is 2. The standard InChI is InChI=1S/C17H20N6O/c1-13(2)23-9-7-16(21-23)20-17(24)19-15-5-3-14(4-6-15)11-22-10-8-18-12-22/h3-10,12-13H,11H2,1-2H3,(H2,19,20,21,24). The van der Waals surface area contributed by atoms with Gasteiger partial charge in [0.15, 0.2) is 5.82 Å². The first-order chi connectivity index (χ1) is 11.6. The molecule has 7 nitrogen and oxygen atoms in total. The Kier molecular flexibility index (Phi) is 4.60. The van der Waals surface area contributed by atoms with E-state index in [1.165, 1.54) is 0 Å². The maximum atomic E-state index is 12.0. The molecule has 0 fully saturated rings. The molecule has 2 aromatic heterocycles. The predicted molar refractivity (Wildman–Crippen MR) is 93.0 cm³/mol. The summed E-state index contributed by atoms with van der Waals surface area (Å²) in [5.74, 6) is 0.526. The molecule has 0 aliphatic heterocycles. The Morgan fingerprint density at radius 2 is 1.92 bits per heavy atom. The Morgan fingerprint density at radius 3 is 2.54 bits per heavy atom. The zero-order chi connectivity index (χ0) is 16.9. The largest absolute Gasteiger partial charge is 0.333 e. The van der Waals surface area contributed by atoms with Crippen molar-refractivity contribution in [3.63, 3.8) is 0 Å². The lowest BCUT2D eigenvalue weighted by Gasteiger charge is -2.08. The van der Waals surface area contributed by atoms with Gasteiger partial charge in [0, 0.05) is 42.9 Å². The SMILES string of the molecule is CC(C)n1ccc(NC(=O)Nc2ccc(Cn3ccnc3)cc2)n1. The highest BCUT2D eigenvalue weighted by Crippen LogP contribution is 2.12. The fourth-order valence-electron chi connectivity index (χ4n) is 2.26. The number of imidazole rings is 1. The van der Waals surface area contributed by atoms with Crippen LogP contribution in [0.15, 0.2) is 55.2 Å². The number of carbonyl (C=O) groups is 1. The Bertz CT molecular complexity index is 789. The van der Waals surface area contributed by atoms with Gasteiger partial charge in [-0.1, -0.05) is 12.1 Å². The van der Waals surface area contributed by atoms with Crippen LogP contribution in [0, 0.1) is 0 Å². The van der Waals surface area contributed by atoms with Crippen molar-refractivity contribution in [3.8, 4) is 0 Å². The van der Waals surface area contributed by atoms with Gasteiger partial charge in [0.1, 0.15) is 0 Å². The molecule has 0 saturated heterocycles. The van der Waals surface area contributed by atoms with Crippen LogP contribution in [0.25, 0.3) is 0 Å². The molecule has 0 unspecified atom stereocenters. The van der Waals surface area contributed by atoms with Gasteiger partial charge in [-0.25, -0.2) is 9.78 Å². The molecule has 124 valence electrons. The van der Waals surface area contributed by atoms with Crippen molar-refractivity contribution < 1.29 is 4.79 Å². The van der Waals surface area contributed by atoms with E-state index in [4.69, 9.17) is 0 Å². The molecular weight excluding hydrogens is 304 g/mol. The van der Waals surface area contributed by atoms with Gasteiger partial charge in [0.05, 0.1) is 6.33 Å². The van der Waals surface area contributed by atoms with Crippen LogP contribution in [0.2, 0.25) is 0 Å². The summed E-state index contributed by atoms with van der Waals surface area (Å²) in [6.07, 6.45) is 7.28. The Balaban J connectivity index is 1.55. The van der Waals surface area contributed by atoms with E-state index >= 15 is 0 Å². The summed E-state index contributed by atoms with van der Waals surface area (Å²) in [6.45, 7) is 4.81. The number of rotatable bonds is 5. The summed E-state index contributed by atoms with van der Waals surface area (Å²) in [6, 6.07) is 9.41. The zero-order valence-corrected chi connectivity index (χ0v) is 13.7. The quantitative estimate of drug-likeness (QED) is 0.755. The van der Waals surface area contributed by atoms with E-state index in [1.807, 2.05) is 55.1 Å². The highest BCUT2D eigenvalue weighted by atomic mass is 16.2. The third kappa shape index (κ3) is 4.01. The van der Waals surface area contributed by atoms with Crippen molar-refractivity contribution in [2.24, 2.45) is 0 Å². The first-order valence-electron chi connectivity index (χ1n) is 7.78. The van der Waals surface area contributed by atoms with Gasteiger partial charge < -0.3 is 9.88 Å². The van der Waals surface area contributed by atoms with Crippen molar-refractivity contribution in [2.45, 2.75) is 26.4 Å². The summed E-state index contributed by atoms with van der Waals surface area (Å²) < 4.78 is 3.78. The minimum absolute atomic E-state index is 0.256. The monoisotopic (exact) mass is 324 g/mol. The van der Waals surface area contributed by atoms with Crippen LogP contribution in [-0.4, -0.2) is 25.4 Å². The van der Waals surface area contributed by atoms with Crippen LogP contribution in [0.5, 0.6) is 0 Å². The van der Waals surface area contributed by atoms with Crippen molar-refractivity contribution in [3.05, 3.63) is 60.8 Å². The molecule has 3 rings (SSSR count). The van der Waals surface area contributed by atoms with Crippen LogP contribution in [-0.2, 0) is 6.54 Å². The molecular formula is C17H20N6O. The number of anilines is 2. The van der Waals surface area contributed by atoms with Crippen LogP contribution < -0.4 is 10.6 Å². The first kappa shape index (κ1) is 15.8. The molecule has 0 bridgehead atoms. The maximum Gasteiger partial charge on any atom is 0.324 e. The molecule has 2 N–H and O–H groups in total. The molecule has 0 radical (unpaired) electrons. The molecule has 7 heteroatoms. The lowest BCUT2D eigenvalue weighted by molar-refractivity contribution is 0.262. The molecule has 0 saturated carbocycles. The third-order valence-corrected chi connectivity index (χ3v) is 3.52. The molecule has 0 atom stereocenters. The van der Waals surface area contributed by atoms with Crippen molar-refractivity contribution in [2.75, 3.05) is 10.6 Å². The second kappa shape index (κ2) is 6.99. The van der Waals surface area contributed by atoms with Gasteiger partial charge in [-0.2, -0.15) is 5.10 Å². The van der Waals surface area contributed by atoms with Crippen molar-refractivity contribution >= 4 is 17.5 Å². The number of amides is 2. The number of carbonyl (C=O) groups excluding carboxylic acids is 1. The molecule has 2 heterocycles. The number of aromatic nitrogens is 4. The predicted octanol–water partition coefficient (Wildman–Crippen LogP) is 3.35. The average Bonchev–Trinajstić information content (AvgIpc) is 3.21. The highest BCUT2D eigenvalue weighted by molar-refractivity contribution is 5.99. The lowest BCUT2D eigenvalue weighted by Crippen LogP contribution is -2.20. The molecule has 0 aliphatic rings. The van der Waals surface area contributed by atoms with E-state index in [2.05, 4.69) is 20.7 Å². The van der Waals surface area contributed by atoms with Crippen LogP contribution in [0.3, 0.4) is 0 Å². The molecule has 0 spiro atoms. The van der Waals surface area contributed by atoms with Gasteiger partial charge >= 0.3 is 6.03 Å². The van der Waals surface area contributed by atoms with Gasteiger partial charge in [-0.3, -0.25) is 10.00 Å². The van der Waals surface area contributed by atoms with E-state index in [-0.39, 0.29) is 12.1 Å². The maximum absolute atomic E-state index is 12.0. The molecule has 1 aromatic carbocycles. The van der Waals surface area contributed by atoms with E-state index in [0.29, 0.717) is 5.82 Å². The number of nitrogens with zero attached hydrogens (tertiary/aromatic N) is 4. The average molecular weight is 324 g/mol. The fraction of sp³-hybridized carbons (Fsp3) is 0.235. The Morgan fingerprint density at radius 1 is 1.12 bits per heavy atom. The number of hydrogen-bond acceptors (Lipinski definition) is 3. The normalized spacial score (nSPS) is 10.8. The fourth-order valence-corrected chi connectivity index (χ4v) is 2.26. The number of nitrogens with one attached hydrogen (secondary N) is 2. The third-order valence-electron chi connectivity index (χ3n) is 3.52. The minimum Gasteiger partial charge on any atom is -0.333 e. The summed E-state index contributed by atoms with van der Waals surface area (Å²) in [5.41, 5.74) is 1.86. The number of benzene rings is 1. The summed E-state index contributed by atoms with van der Waals surface area (Å²) >= 11 is 0. The topological polar surface area (TPSA) is 76.8 Å². The first-order valence-corrected chi connectivity index (χ1v) is 7.78. The summed E-state index contributed by atoms with van der Waals surface area (Å²) in [4.78, 5) is 16.0. The van der Waals surface area contributed by atoms with Gasteiger partial charge in [-0.15, -0.1) is 0 Å². The van der Waals surface area contributed by atoms with Crippen molar-refractivity contribution in [1.29, 1.82) is 0 Å². The Labute approximate surface area is 140 Å². The zero-order valence-electron chi connectivity index (χ0n) is 13.7.